The number of methoxy groups -OCH3 is 2. The summed E-state index contributed by atoms with van der Waals surface area (Å²) in [6.07, 6.45) is 5.53. The Labute approximate surface area is 224 Å². The predicted octanol–water partition coefficient (Wildman–Crippen LogP) is 5.90. The molecule has 0 unspecified atom stereocenters. The van der Waals surface area contributed by atoms with Crippen molar-refractivity contribution in [2.24, 2.45) is 5.92 Å². The molecule has 2 N–H and O–H groups in total. The fourth-order valence-corrected chi connectivity index (χ4v) is 5.57. The number of halogens is 2. The Morgan fingerprint density at radius 3 is 2.44 bits per heavy atom. The molecule has 4 rings (SSSR count). The third-order valence-corrected chi connectivity index (χ3v) is 8.15. The number of benzene rings is 2. The summed E-state index contributed by atoms with van der Waals surface area (Å²) in [6, 6.07) is 11.2. The van der Waals surface area contributed by atoms with Gasteiger partial charge in [-0.2, -0.15) is 0 Å². The normalized spacial score (nSPS) is 20.6. The largest absolute Gasteiger partial charge is 0.497 e. The van der Waals surface area contributed by atoms with E-state index in [9.17, 15) is 4.79 Å². The quantitative estimate of drug-likeness (QED) is 0.441. The van der Waals surface area contributed by atoms with Crippen molar-refractivity contribution in [3.8, 4) is 11.5 Å². The Balaban J connectivity index is 1.15. The van der Waals surface area contributed by atoms with Crippen molar-refractivity contribution in [2.45, 2.75) is 38.1 Å². The maximum absolute atomic E-state index is 12.6. The number of nitrogens with one attached hydrogen (secondary N) is 2. The van der Waals surface area contributed by atoms with Crippen LogP contribution in [0.5, 0.6) is 11.5 Å². The number of hydrogen-bond donors (Lipinski definition) is 2. The Kier molecular flexibility index (Phi) is 9.46. The van der Waals surface area contributed by atoms with Crippen molar-refractivity contribution < 1.29 is 14.3 Å². The van der Waals surface area contributed by atoms with Crippen LogP contribution < -0.4 is 25.0 Å². The first kappa shape index (κ1) is 26.7. The van der Waals surface area contributed by atoms with Crippen molar-refractivity contribution in [1.82, 2.24) is 10.2 Å². The molecule has 1 aliphatic carbocycles. The fourth-order valence-electron chi connectivity index (χ4n) is 5.16. The van der Waals surface area contributed by atoms with Gasteiger partial charge in [-0.25, -0.2) is 4.79 Å². The van der Waals surface area contributed by atoms with Gasteiger partial charge in [0, 0.05) is 38.3 Å². The first-order valence-corrected chi connectivity index (χ1v) is 13.4. The Bertz CT molecular complexity index is 1020. The maximum atomic E-state index is 12.6. The van der Waals surface area contributed by atoms with Gasteiger partial charge in [-0.15, -0.1) is 0 Å². The minimum absolute atomic E-state index is 0.195. The van der Waals surface area contributed by atoms with E-state index in [0.29, 0.717) is 33.1 Å². The minimum Gasteiger partial charge on any atom is -0.497 e. The molecule has 1 saturated carbocycles. The minimum atomic E-state index is -0.195. The molecule has 1 aliphatic heterocycles. The maximum Gasteiger partial charge on any atom is 0.319 e. The van der Waals surface area contributed by atoms with Gasteiger partial charge in [-0.05, 0) is 68.8 Å². The number of anilines is 2. The van der Waals surface area contributed by atoms with Gasteiger partial charge in [0.1, 0.15) is 11.5 Å². The van der Waals surface area contributed by atoms with Gasteiger partial charge in [0.2, 0.25) is 0 Å². The molecule has 0 radical (unpaired) electrons. The van der Waals surface area contributed by atoms with Crippen molar-refractivity contribution in [2.75, 3.05) is 57.2 Å². The first-order chi connectivity index (χ1) is 17.5. The third-order valence-electron chi connectivity index (χ3n) is 7.34. The Morgan fingerprint density at radius 1 is 1.00 bits per heavy atom. The molecule has 1 heterocycles. The number of rotatable bonds is 8. The Morgan fingerprint density at radius 2 is 1.75 bits per heavy atom. The van der Waals surface area contributed by atoms with Gasteiger partial charge >= 0.3 is 6.03 Å². The highest BCUT2D eigenvalue weighted by Crippen LogP contribution is 2.33. The van der Waals surface area contributed by atoms with Crippen molar-refractivity contribution in [3.63, 3.8) is 0 Å². The lowest BCUT2D eigenvalue weighted by Gasteiger charge is -2.37. The summed E-state index contributed by atoms with van der Waals surface area (Å²) in [7, 11) is 3.18. The van der Waals surface area contributed by atoms with Crippen LogP contribution in [0.1, 0.15) is 32.1 Å². The molecule has 0 spiro atoms. The van der Waals surface area contributed by atoms with Gasteiger partial charge in [0.15, 0.2) is 0 Å². The van der Waals surface area contributed by atoms with Crippen LogP contribution in [-0.2, 0) is 0 Å². The summed E-state index contributed by atoms with van der Waals surface area (Å²) in [5, 5.41) is 7.29. The number of nitrogens with zero attached hydrogens (tertiary/aromatic N) is 2. The van der Waals surface area contributed by atoms with Crippen molar-refractivity contribution in [1.29, 1.82) is 0 Å². The molecule has 0 bridgehead atoms. The third kappa shape index (κ3) is 6.90. The van der Waals surface area contributed by atoms with Gasteiger partial charge in [-0.3, -0.25) is 4.90 Å². The molecule has 2 fully saturated rings. The number of carbonyl (C=O) groups excluding carboxylic acids is 1. The second-order valence-electron chi connectivity index (χ2n) is 9.57. The topological polar surface area (TPSA) is 66.1 Å². The highest BCUT2D eigenvalue weighted by molar-refractivity contribution is 6.43. The van der Waals surface area contributed by atoms with Crippen molar-refractivity contribution in [3.05, 3.63) is 46.4 Å². The molecule has 7 nitrogen and oxygen atoms in total. The average Bonchev–Trinajstić information content (AvgIpc) is 2.90. The fraction of sp³-hybridized carbons (Fsp3) is 0.519. The van der Waals surface area contributed by atoms with E-state index in [4.69, 9.17) is 32.7 Å². The molecule has 196 valence electrons. The molecule has 2 aromatic rings. The molecule has 2 aliphatic rings. The molecule has 2 aromatic carbocycles. The predicted molar refractivity (Wildman–Crippen MR) is 147 cm³/mol. The molecule has 1 saturated heterocycles. The van der Waals surface area contributed by atoms with E-state index in [2.05, 4.69) is 20.4 Å². The number of hydrogen-bond acceptors (Lipinski definition) is 5. The lowest BCUT2D eigenvalue weighted by Crippen LogP contribution is -2.47. The standard InChI is InChI=1S/C27H36Cl2N4O3/c1-35-21-10-11-23(25(18-21)36-2)31-27(34)30-20-8-6-19(7-9-20)12-13-32-14-16-33(17-15-32)24-5-3-4-22(28)26(24)29/h3-5,10-11,18-20H,6-9,12-17H2,1-2H3,(H2,30,31,34)/t19-,20-. The molecule has 0 aromatic heterocycles. The van der Waals surface area contributed by atoms with Crippen molar-refractivity contribution >= 4 is 40.6 Å². The van der Waals surface area contributed by atoms with E-state index in [1.54, 1.807) is 32.4 Å². The summed E-state index contributed by atoms with van der Waals surface area (Å²) >= 11 is 12.6. The molecular formula is C27H36Cl2N4O3. The van der Waals surface area contributed by atoms with E-state index in [-0.39, 0.29) is 12.1 Å². The van der Waals surface area contributed by atoms with Crippen LogP contribution in [0.25, 0.3) is 0 Å². The van der Waals surface area contributed by atoms with E-state index in [0.717, 1.165) is 64.1 Å². The van der Waals surface area contributed by atoms with E-state index >= 15 is 0 Å². The molecule has 36 heavy (non-hydrogen) atoms. The number of piperazine rings is 1. The van der Waals surface area contributed by atoms with Gasteiger partial charge in [0.05, 0.1) is 35.6 Å². The zero-order valence-corrected chi connectivity index (χ0v) is 22.6. The summed E-state index contributed by atoms with van der Waals surface area (Å²) in [5.74, 6) is 1.97. The van der Waals surface area contributed by atoms with Crippen LogP contribution in [-0.4, -0.2) is 63.9 Å². The molecule has 9 heteroatoms. The highest BCUT2D eigenvalue weighted by Gasteiger charge is 2.25. The summed E-state index contributed by atoms with van der Waals surface area (Å²) in [5.41, 5.74) is 1.66. The highest BCUT2D eigenvalue weighted by atomic mass is 35.5. The Hall–Kier alpha value is -2.35. The summed E-state index contributed by atoms with van der Waals surface area (Å²) in [4.78, 5) is 17.4. The lowest BCUT2D eigenvalue weighted by molar-refractivity contribution is 0.208. The van der Waals surface area contributed by atoms with E-state index < -0.39 is 0 Å². The van der Waals surface area contributed by atoms with Crippen LogP contribution in [0.2, 0.25) is 10.0 Å². The first-order valence-electron chi connectivity index (χ1n) is 12.7. The number of carbonyl (C=O) groups is 1. The molecular weight excluding hydrogens is 499 g/mol. The van der Waals surface area contributed by atoms with E-state index in [1.165, 1.54) is 6.42 Å². The summed E-state index contributed by atoms with van der Waals surface area (Å²) < 4.78 is 10.6. The zero-order chi connectivity index (χ0) is 25.5. The molecule has 2 amide bonds. The second kappa shape index (κ2) is 12.7. The SMILES string of the molecule is COc1ccc(NC(=O)N[C@H]2CC[C@H](CCN3CCN(c4cccc(Cl)c4Cl)CC3)CC2)c(OC)c1. The number of ether oxygens (including phenoxy) is 2. The van der Waals surface area contributed by atoms with Gasteiger partial charge < -0.3 is 25.0 Å². The van der Waals surface area contributed by atoms with Crippen LogP contribution in [0, 0.1) is 5.92 Å². The monoisotopic (exact) mass is 534 g/mol. The van der Waals surface area contributed by atoms with Crippen LogP contribution in [0.15, 0.2) is 36.4 Å². The summed E-state index contributed by atoms with van der Waals surface area (Å²) in [6.45, 7) is 5.12. The lowest BCUT2D eigenvalue weighted by atomic mass is 9.84. The van der Waals surface area contributed by atoms with Crippen LogP contribution in [0.3, 0.4) is 0 Å². The number of urea groups is 1. The number of amides is 2. The van der Waals surface area contributed by atoms with Gasteiger partial charge in [-0.1, -0.05) is 29.3 Å². The van der Waals surface area contributed by atoms with Crippen LogP contribution in [0.4, 0.5) is 16.2 Å². The van der Waals surface area contributed by atoms with Crippen LogP contribution >= 0.6 is 23.2 Å². The second-order valence-corrected chi connectivity index (χ2v) is 10.4. The smallest absolute Gasteiger partial charge is 0.319 e. The average molecular weight is 536 g/mol. The van der Waals surface area contributed by atoms with E-state index in [1.807, 2.05) is 18.2 Å². The van der Waals surface area contributed by atoms with Gasteiger partial charge in [0.25, 0.3) is 0 Å². The molecule has 0 atom stereocenters. The zero-order valence-electron chi connectivity index (χ0n) is 21.1.